The molecule has 0 saturated carbocycles. The van der Waals surface area contributed by atoms with Gasteiger partial charge < -0.3 is 4.57 Å². The van der Waals surface area contributed by atoms with Crippen molar-refractivity contribution in [2.75, 3.05) is 0 Å². The van der Waals surface area contributed by atoms with Crippen molar-refractivity contribution in [2.45, 2.75) is 31.3 Å². The van der Waals surface area contributed by atoms with Gasteiger partial charge in [0.05, 0.1) is 6.04 Å². The highest BCUT2D eigenvalue weighted by molar-refractivity contribution is 5.90. The lowest BCUT2D eigenvalue weighted by Crippen LogP contribution is -2.48. The quantitative estimate of drug-likeness (QED) is 0.765. The lowest BCUT2D eigenvalue weighted by Gasteiger charge is -2.35. The van der Waals surface area contributed by atoms with Gasteiger partial charge in [0, 0.05) is 36.1 Å². The van der Waals surface area contributed by atoms with Gasteiger partial charge in [-0.1, -0.05) is 18.2 Å². The van der Waals surface area contributed by atoms with E-state index in [-0.39, 0.29) is 6.04 Å². The molecule has 3 nitrogen and oxygen atoms in total. The molecule has 2 aliphatic rings. The van der Waals surface area contributed by atoms with Gasteiger partial charge in [0.1, 0.15) is 5.78 Å². The van der Waals surface area contributed by atoms with E-state index in [0.717, 1.165) is 19.3 Å². The number of benzene rings is 1. The first kappa shape index (κ1) is 10.3. The second-order valence-corrected chi connectivity index (χ2v) is 5.42. The Morgan fingerprint density at radius 2 is 2.11 bits per heavy atom. The molecule has 0 radical (unpaired) electrons. The predicted octanol–water partition coefficient (Wildman–Crippen LogP) is 2.10. The minimum atomic E-state index is 0.0436. The van der Waals surface area contributed by atoms with Crippen LogP contribution in [0.1, 0.15) is 30.1 Å². The monoisotopic (exact) mass is 240 g/mol. The first-order valence-electron chi connectivity index (χ1n) is 6.60. The largest absolute Gasteiger partial charge is 0.346 e. The van der Waals surface area contributed by atoms with E-state index in [1.54, 1.807) is 0 Å². The summed E-state index contributed by atoms with van der Waals surface area (Å²) in [5, 5.41) is 4.81. The Balaban J connectivity index is 2.01. The summed E-state index contributed by atoms with van der Waals surface area (Å²) in [6, 6.07) is 8.91. The Labute approximate surface area is 106 Å². The molecule has 1 N–H and O–H groups in total. The molecule has 0 amide bonds. The number of ketones is 1. The molecule has 92 valence electrons. The van der Waals surface area contributed by atoms with Crippen molar-refractivity contribution < 1.29 is 4.79 Å². The standard InChI is InChI=1S/C15H16N2O/c1-17-13-5-3-2-4-9(13)10-8-12-14(18)7-6-11(16-12)15(10)17/h2-5,11-12,16H,6-8H2,1H3/t11-,12-/m1/s1. The van der Waals surface area contributed by atoms with Crippen LogP contribution in [-0.4, -0.2) is 16.4 Å². The minimum Gasteiger partial charge on any atom is -0.346 e. The van der Waals surface area contributed by atoms with Gasteiger partial charge >= 0.3 is 0 Å². The fraction of sp³-hybridized carbons (Fsp3) is 0.400. The molecule has 2 atom stereocenters. The van der Waals surface area contributed by atoms with Crippen LogP contribution in [0.15, 0.2) is 24.3 Å². The van der Waals surface area contributed by atoms with Crippen molar-refractivity contribution >= 4 is 16.7 Å². The maximum atomic E-state index is 11.9. The Hall–Kier alpha value is -1.61. The van der Waals surface area contributed by atoms with E-state index >= 15 is 0 Å². The molecule has 3 heteroatoms. The number of Topliss-reactive ketones (excluding diaryl/α,β-unsaturated/α-hetero) is 1. The molecule has 3 heterocycles. The Kier molecular flexibility index (Phi) is 1.98. The minimum absolute atomic E-state index is 0.0436. The van der Waals surface area contributed by atoms with E-state index in [1.165, 1.54) is 22.2 Å². The summed E-state index contributed by atoms with van der Waals surface area (Å²) in [4.78, 5) is 11.9. The summed E-state index contributed by atoms with van der Waals surface area (Å²) in [6.07, 6.45) is 2.52. The molecular weight excluding hydrogens is 224 g/mol. The van der Waals surface area contributed by atoms with Crippen LogP contribution < -0.4 is 5.32 Å². The number of para-hydroxylation sites is 1. The van der Waals surface area contributed by atoms with Gasteiger partial charge in [-0.05, 0) is 24.5 Å². The number of carbonyl (C=O) groups excluding carboxylic acids is 1. The molecule has 1 aromatic heterocycles. The highest BCUT2D eigenvalue weighted by Crippen LogP contribution is 2.38. The molecule has 4 rings (SSSR count). The Morgan fingerprint density at radius 3 is 3.00 bits per heavy atom. The first-order chi connectivity index (χ1) is 8.75. The van der Waals surface area contributed by atoms with Gasteiger partial charge in [0.25, 0.3) is 0 Å². The number of carbonyl (C=O) groups is 1. The highest BCUT2D eigenvalue weighted by Gasteiger charge is 2.37. The van der Waals surface area contributed by atoms with Crippen molar-refractivity contribution in [1.82, 2.24) is 9.88 Å². The van der Waals surface area contributed by atoms with Crippen LogP contribution in [0.25, 0.3) is 10.9 Å². The second-order valence-electron chi connectivity index (χ2n) is 5.42. The molecule has 2 bridgehead atoms. The SMILES string of the molecule is Cn1c2c(c3ccccc31)C[C@H]1N[C@@H]2CCC1=O. The summed E-state index contributed by atoms with van der Waals surface area (Å²) in [6.45, 7) is 0. The molecule has 1 aromatic carbocycles. The molecule has 18 heavy (non-hydrogen) atoms. The molecule has 0 spiro atoms. The van der Waals surface area contributed by atoms with Gasteiger partial charge in [-0.3, -0.25) is 10.1 Å². The van der Waals surface area contributed by atoms with Crippen molar-refractivity contribution in [2.24, 2.45) is 7.05 Å². The summed E-state index contributed by atoms with van der Waals surface area (Å²) in [5.74, 6) is 0.379. The van der Waals surface area contributed by atoms with E-state index in [4.69, 9.17) is 0 Å². The zero-order valence-electron chi connectivity index (χ0n) is 10.4. The molecule has 2 aromatic rings. The zero-order chi connectivity index (χ0) is 12.3. The van der Waals surface area contributed by atoms with E-state index in [9.17, 15) is 4.79 Å². The lowest BCUT2D eigenvalue weighted by atomic mass is 9.84. The van der Waals surface area contributed by atoms with Crippen LogP contribution in [0, 0.1) is 0 Å². The second kappa shape index (κ2) is 3.45. The van der Waals surface area contributed by atoms with E-state index in [2.05, 4.69) is 41.2 Å². The first-order valence-corrected chi connectivity index (χ1v) is 6.60. The average Bonchev–Trinajstić information content (AvgIpc) is 2.69. The fourth-order valence-electron chi connectivity index (χ4n) is 3.62. The lowest BCUT2D eigenvalue weighted by molar-refractivity contribution is -0.123. The van der Waals surface area contributed by atoms with Crippen molar-refractivity contribution in [1.29, 1.82) is 0 Å². The molecule has 1 fully saturated rings. The number of aryl methyl sites for hydroxylation is 1. The maximum Gasteiger partial charge on any atom is 0.150 e. The Bertz CT molecular complexity index is 656. The van der Waals surface area contributed by atoms with E-state index in [1.807, 2.05) is 0 Å². The van der Waals surface area contributed by atoms with E-state index < -0.39 is 0 Å². The van der Waals surface area contributed by atoms with Gasteiger partial charge in [-0.15, -0.1) is 0 Å². The smallest absolute Gasteiger partial charge is 0.150 e. The number of nitrogens with zero attached hydrogens (tertiary/aromatic N) is 1. The number of rotatable bonds is 0. The third-order valence-corrected chi connectivity index (χ3v) is 4.47. The van der Waals surface area contributed by atoms with Gasteiger partial charge in [-0.2, -0.15) is 0 Å². The molecule has 1 saturated heterocycles. The topological polar surface area (TPSA) is 34.0 Å². The Morgan fingerprint density at radius 1 is 1.28 bits per heavy atom. The number of nitrogens with one attached hydrogen (secondary N) is 1. The molecular formula is C15H16N2O. The van der Waals surface area contributed by atoms with Crippen LogP contribution in [0.2, 0.25) is 0 Å². The molecule has 0 aliphatic carbocycles. The predicted molar refractivity (Wildman–Crippen MR) is 70.5 cm³/mol. The number of aromatic nitrogens is 1. The van der Waals surface area contributed by atoms with Crippen LogP contribution in [-0.2, 0) is 18.3 Å². The third-order valence-electron chi connectivity index (χ3n) is 4.47. The van der Waals surface area contributed by atoms with E-state index in [0.29, 0.717) is 11.8 Å². The third kappa shape index (κ3) is 1.20. The summed E-state index contributed by atoms with van der Waals surface area (Å²) in [5.41, 5.74) is 4.05. The summed E-state index contributed by atoms with van der Waals surface area (Å²) in [7, 11) is 2.14. The van der Waals surface area contributed by atoms with Gasteiger partial charge in [0.15, 0.2) is 0 Å². The molecule has 2 aliphatic heterocycles. The molecule has 0 unspecified atom stereocenters. The number of hydrogen-bond donors (Lipinski definition) is 1. The van der Waals surface area contributed by atoms with Crippen LogP contribution in [0.4, 0.5) is 0 Å². The normalized spacial score (nSPS) is 26.4. The van der Waals surface area contributed by atoms with Crippen LogP contribution in [0.5, 0.6) is 0 Å². The highest BCUT2D eigenvalue weighted by atomic mass is 16.1. The number of fused-ring (bicyclic) bond motifs is 6. The number of hydrogen-bond acceptors (Lipinski definition) is 2. The maximum absolute atomic E-state index is 11.9. The number of piperidine rings is 1. The summed E-state index contributed by atoms with van der Waals surface area (Å²) < 4.78 is 2.30. The van der Waals surface area contributed by atoms with Crippen molar-refractivity contribution in [3.8, 4) is 0 Å². The van der Waals surface area contributed by atoms with Crippen LogP contribution in [0.3, 0.4) is 0 Å². The van der Waals surface area contributed by atoms with Gasteiger partial charge in [-0.25, -0.2) is 0 Å². The summed E-state index contributed by atoms with van der Waals surface area (Å²) >= 11 is 0. The average molecular weight is 240 g/mol. The zero-order valence-corrected chi connectivity index (χ0v) is 10.4. The van der Waals surface area contributed by atoms with Crippen LogP contribution >= 0.6 is 0 Å². The van der Waals surface area contributed by atoms with Gasteiger partial charge in [0.2, 0.25) is 0 Å². The van der Waals surface area contributed by atoms with Crippen molar-refractivity contribution in [3.63, 3.8) is 0 Å². The fourth-order valence-corrected chi connectivity index (χ4v) is 3.62. The van der Waals surface area contributed by atoms with Crippen molar-refractivity contribution in [3.05, 3.63) is 35.5 Å².